The third kappa shape index (κ3) is 4.70. The SMILES string of the molecule is C[C@@H](O)c1ncc(Cl)c(CC(=O)N2CC[C@@H]3[C@H](CCC[C@H]3C(C)(O)C(F)F)[C@@H]2C)c1Cl. The number of amides is 1. The molecule has 0 bridgehead atoms. The first-order chi connectivity index (χ1) is 14.5. The maximum atomic E-state index is 13.5. The average molecular weight is 479 g/mol. The fourth-order valence-electron chi connectivity index (χ4n) is 5.50. The van der Waals surface area contributed by atoms with Crippen molar-refractivity contribution in [2.75, 3.05) is 6.54 Å². The summed E-state index contributed by atoms with van der Waals surface area (Å²) in [6.07, 6.45) is 0.399. The van der Waals surface area contributed by atoms with Crippen LogP contribution in [0.1, 0.15) is 63.8 Å². The number of fused-ring (bicyclic) bond motifs is 1. The van der Waals surface area contributed by atoms with Crippen LogP contribution in [0.5, 0.6) is 0 Å². The van der Waals surface area contributed by atoms with Crippen molar-refractivity contribution in [2.45, 2.75) is 77.0 Å². The molecule has 2 N–H and O–H groups in total. The van der Waals surface area contributed by atoms with Crippen LogP contribution in [-0.2, 0) is 11.2 Å². The number of carbonyl (C=O) groups is 1. The molecule has 0 spiro atoms. The fraction of sp³-hybridized carbons (Fsp3) is 0.727. The summed E-state index contributed by atoms with van der Waals surface area (Å²) in [5.74, 6) is -0.631. The summed E-state index contributed by atoms with van der Waals surface area (Å²) in [5, 5.41) is 20.7. The number of rotatable bonds is 5. The number of hydrogen-bond donors (Lipinski definition) is 2. The number of aliphatic hydroxyl groups excluding tert-OH is 1. The van der Waals surface area contributed by atoms with E-state index in [-0.39, 0.29) is 45.9 Å². The Morgan fingerprint density at radius 1 is 1.32 bits per heavy atom. The highest BCUT2D eigenvalue weighted by Crippen LogP contribution is 2.48. The molecule has 1 amide bonds. The van der Waals surface area contributed by atoms with Gasteiger partial charge in [-0.2, -0.15) is 0 Å². The Balaban J connectivity index is 1.78. The second-order valence-corrected chi connectivity index (χ2v) is 9.93. The molecule has 1 aromatic heterocycles. The van der Waals surface area contributed by atoms with Gasteiger partial charge in [0.1, 0.15) is 5.60 Å². The zero-order valence-corrected chi connectivity index (χ0v) is 19.5. The summed E-state index contributed by atoms with van der Waals surface area (Å²) in [6.45, 7) is 5.15. The third-order valence-electron chi connectivity index (χ3n) is 7.27. The van der Waals surface area contributed by atoms with Gasteiger partial charge in [0.2, 0.25) is 5.91 Å². The molecular weight excluding hydrogens is 449 g/mol. The van der Waals surface area contributed by atoms with E-state index in [1.54, 1.807) is 4.90 Å². The van der Waals surface area contributed by atoms with Crippen LogP contribution in [0.3, 0.4) is 0 Å². The minimum atomic E-state index is -2.80. The first-order valence-corrected chi connectivity index (χ1v) is 11.5. The Labute approximate surface area is 191 Å². The number of halogens is 4. The van der Waals surface area contributed by atoms with Crippen LogP contribution >= 0.6 is 23.2 Å². The van der Waals surface area contributed by atoms with Crippen LogP contribution in [0, 0.1) is 17.8 Å². The van der Waals surface area contributed by atoms with E-state index in [0.29, 0.717) is 24.9 Å². The molecule has 1 saturated heterocycles. The molecule has 1 aromatic rings. The number of hydrogen-bond acceptors (Lipinski definition) is 4. The molecule has 174 valence electrons. The highest BCUT2D eigenvalue weighted by Gasteiger charge is 2.51. The molecule has 0 aromatic carbocycles. The normalized spacial score (nSPS) is 29.4. The molecule has 2 fully saturated rings. The van der Waals surface area contributed by atoms with Crippen molar-refractivity contribution < 1.29 is 23.8 Å². The molecule has 1 aliphatic heterocycles. The van der Waals surface area contributed by atoms with Crippen LogP contribution < -0.4 is 0 Å². The largest absolute Gasteiger partial charge is 0.387 e. The van der Waals surface area contributed by atoms with Crippen molar-refractivity contribution in [3.05, 3.63) is 27.5 Å². The molecule has 1 unspecified atom stereocenters. The van der Waals surface area contributed by atoms with Gasteiger partial charge < -0.3 is 15.1 Å². The number of nitrogens with zero attached hydrogens (tertiary/aromatic N) is 2. The lowest BCUT2D eigenvalue weighted by molar-refractivity contribution is -0.164. The van der Waals surface area contributed by atoms with Gasteiger partial charge in [-0.15, -0.1) is 0 Å². The van der Waals surface area contributed by atoms with E-state index >= 15 is 0 Å². The predicted octanol–water partition coefficient (Wildman–Crippen LogP) is 4.65. The highest BCUT2D eigenvalue weighted by molar-refractivity contribution is 6.36. The number of aliphatic hydroxyl groups is 2. The van der Waals surface area contributed by atoms with Crippen LogP contribution in [-0.4, -0.2) is 50.6 Å². The van der Waals surface area contributed by atoms with Crippen molar-refractivity contribution in [1.29, 1.82) is 0 Å². The smallest absolute Gasteiger partial charge is 0.266 e. The molecule has 1 saturated carbocycles. The summed E-state index contributed by atoms with van der Waals surface area (Å²) in [4.78, 5) is 19.0. The van der Waals surface area contributed by atoms with E-state index in [9.17, 15) is 23.8 Å². The van der Waals surface area contributed by atoms with Crippen LogP contribution in [0.2, 0.25) is 10.0 Å². The molecule has 2 aliphatic rings. The number of piperidine rings is 1. The number of carbonyl (C=O) groups excluding carboxylic acids is 1. The molecule has 0 radical (unpaired) electrons. The minimum absolute atomic E-state index is 0.0280. The van der Waals surface area contributed by atoms with E-state index in [4.69, 9.17) is 23.2 Å². The van der Waals surface area contributed by atoms with E-state index < -0.39 is 24.0 Å². The molecule has 31 heavy (non-hydrogen) atoms. The number of alkyl halides is 2. The van der Waals surface area contributed by atoms with Crippen LogP contribution in [0.4, 0.5) is 8.78 Å². The Hall–Kier alpha value is -1.02. The van der Waals surface area contributed by atoms with E-state index in [1.165, 1.54) is 20.0 Å². The molecule has 6 atom stereocenters. The summed E-state index contributed by atoms with van der Waals surface area (Å²) in [5.41, 5.74) is -1.33. The zero-order chi connectivity index (χ0) is 23.1. The molecule has 1 aliphatic carbocycles. The second-order valence-electron chi connectivity index (χ2n) is 9.14. The first kappa shape index (κ1) is 24.6. The molecule has 5 nitrogen and oxygen atoms in total. The maximum absolute atomic E-state index is 13.5. The Kier molecular flexibility index (Phi) is 7.51. The van der Waals surface area contributed by atoms with Crippen molar-refractivity contribution >= 4 is 29.1 Å². The van der Waals surface area contributed by atoms with Gasteiger partial charge in [0, 0.05) is 24.3 Å². The lowest BCUT2D eigenvalue weighted by atomic mass is 9.61. The van der Waals surface area contributed by atoms with Crippen molar-refractivity contribution in [1.82, 2.24) is 9.88 Å². The molecule has 2 heterocycles. The van der Waals surface area contributed by atoms with Crippen LogP contribution in [0.25, 0.3) is 0 Å². The van der Waals surface area contributed by atoms with E-state index in [2.05, 4.69) is 4.98 Å². The molecule has 9 heteroatoms. The van der Waals surface area contributed by atoms with Gasteiger partial charge in [0.25, 0.3) is 6.43 Å². The van der Waals surface area contributed by atoms with Gasteiger partial charge in [-0.1, -0.05) is 29.6 Å². The summed E-state index contributed by atoms with van der Waals surface area (Å²) in [6, 6.07) is -0.141. The lowest BCUT2D eigenvalue weighted by Gasteiger charge is -2.52. The van der Waals surface area contributed by atoms with Gasteiger partial charge in [0.05, 0.1) is 28.3 Å². The quantitative estimate of drug-likeness (QED) is 0.645. The highest BCUT2D eigenvalue weighted by atomic mass is 35.5. The predicted molar refractivity (Wildman–Crippen MR) is 115 cm³/mol. The second kappa shape index (κ2) is 9.46. The Morgan fingerprint density at radius 3 is 2.61 bits per heavy atom. The van der Waals surface area contributed by atoms with Crippen molar-refractivity contribution in [2.24, 2.45) is 17.8 Å². The van der Waals surface area contributed by atoms with Gasteiger partial charge >= 0.3 is 0 Å². The number of pyridine rings is 1. The average Bonchev–Trinajstić information content (AvgIpc) is 2.70. The monoisotopic (exact) mass is 478 g/mol. The Bertz CT molecular complexity index is 822. The topological polar surface area (TPSA) is 73.7 Å². The number of likely N-dealkylation sites (tertiary alicyclic amines) is 1. The van der Waals surface area contributed by atoms with Crippen molar-refractivity contribution in [3.63, 3.8) is 0 Å². The molecular formula is C22H30Cl2F2N2O3. The standard InChI is InChI=1S/C22H30Cl2F2N2O3/c1-11-13-5-4-6-16(22(3,31)21(25)26)14(13)7-8-28(11)18(30)9-15-17(23)10-27-20(12(2)29)19(15)24/h10-14,16,21,29,31H,4-9H2,1-3H3/t11-,12+,13+,14+,16+,22?/m0/s1. The van der Waals surface area contributed by atoms with Crippen molar-refractivity contribution in [3.8, 4) is 0 Å². The summed E-state index contributed by atoms with van der Waals surface area (Å²) < 4.78 is 27.0. The lowest BCUT2D eigenvalue weighted by Crippen LogP contribution is -2.57. The van der Waals surface area contributed by atoms with E-state index in [0.717, 1.165) is 12.8 Å². The maximum Gasteiger partial charge on any atom is 0.266 e. The molecule has 3 rings (SSSR count). The van der Waals surface area contributed by atoms with Gasteiger partial charge in [-0.25, -0.2) is 8.78 Å². The summed E-state index contributed by atoms with van der Waals surface area (Å²) >= 11 is 12.6. The van der Waals surface area contributed by atoms with Gasteiger partial charge in [0.15, 0.2) is 0 Å². The van der Waals surface area contributed by atoms with Gasteiger partial charge in [-0.05, 0) is 57.8 Å². The fourth-order valence-corrected chi connectivity index (χ4v) is 6.14. The van der Waals surface area contributed by atoms with Crippen LogP contribution in [0.15, 0.2) is 6.20 Å². The third-order valence-corrected chi connectivity index (χ3v) is 8.01. The zero-order valence-electron chi connectivity index (χ0n) is 18.0. The van der Waals surface area contributed by atoms with Gasteiger partial charge in [-0.3, -0.25) is 9.78 Å². The number of aromatic nitrogens is 1. The summed E-state index contributed by atoms with van der Waals surface area (Å²) in [7, 11) is 0. The minimum Gasteiger partial charge on any atom is -0.387 e. The first-order valence-electron chi connectivity index (χ1n) is 10.8. The van der Waals surface area contributed by atoms with E-state index in [1.807, 2.05) is 6.92 Å². The Morgan fingerprint density at radius 2 is 2.00 bits per heavy atom.